The minimum atomic E-state index is -0.601. The van der Waals surface area contributed by atoms with Crippen LogP contribution in [0.25, 0.3) is 33.2 Å². The number of rotatable bonds is 3. The maximum atomic E-state index is 9.89. The minimum absolute atomic E-state index is 0.267. The molecular weight excluding hydrogens is 406 g/mol. The molecular formula is C22H20ClN3O4. The Hall–Kier alpha value is -2.58. The second kappa shape index (κ2) is 6.72. The number of fused-ring (bicyclic) bond motifs is 3. The van der Waals surface area contributed by atoms with Crippen molar-refractivity contribution < 1.29 is 19.3 Å². The van der Waals surface area contributed by atoms with Crippen LogP contribution in [0.4, 0.5) is 0 Å². The number of aliphatic hydroxyl groups excluding tert-OH is 1. The Balaban J connectivity index is 1.32. The molecule has 2 N–H and O–H groups in total. The molecule has 1 aromatic carbocycles. The van der Waals surface area contributed by atoms with E-state index in [1.54, 1.807) is 0 Å². The molecule has 2 aliphatic rings. The highest BCUT2D eigenvalue weighted by molar-refractivity contribution is 6.33. The molecule has 3 aromatic heterocycles. The lowest BCUT2D eigenvalue weighted by molar-refractivity contribution is 0.00794. The van der Waals surface area contributed by atoms with Gasteiger partial charge in [-0.3, -0.25) is 0 Å². The third-order valence-corrected chi connectivity index (χ3v) is 6.24. The van der Waals surface area contributed by atoms with E-state index >= 15 is 0 Å². The van der Waals surface area contributed by atoms with Crippen molar-refractivity contribution in [2.75, 3.05) is 13.2 Å². The van der Waals surface area contributed by atoms with E-state index in [9.17, 15) is 5.11 Å². The summed E-state index contributed by atoms with van der Waals surface area (Å²) in [4.78, 5) is 8.00. The zero-order valence-electron chi connectivity index (χ0n) is 16.2. The van der Waals surface area contributed by atoms with Gasteiger partial charge in [-0.05, 0) is 24.3 Å². The molecule has 0 spiro atoms. The monoisotopic (exact) mass is 425 g/mol. The fourth-order valence-electron chi connectivity index (χ4n) is 4.41. The summed E-state index contributed by atoms with van der Waals surface area (Å²) in [7, 11) is 2.02. The molecule has 0 aliphatic carbocycles. The van der Waals surface area contributed by atoms with Crippen molar-refractivity contribution in [2.45, 2.75) is 24.4 Å². The van der Waals surface area contributed by atoms with Gasteiger partial charge in [0.1, 0.15) is 18.3 Å². The Labute approximate surface area is 177 Å². The van der Waals surface area contributed by atoms with Gasteiger partial charge in [0, 0.05) is 35.8 Å². The lowest BCUT2D eigenvalue weighted by atomic mass is 10.1. The number of hydrogen-bond donors (Lipinski definition) is 2. The van der Waals surface area contributed by atoms with Gasteiger partial charge in [-0.15, -0.1) is 0 Å². The lowest BCUT2D eigenvalue weighted by Gasteiger charge is -2.16. The Morgan fingerprint density at radius 3 is 2.93 bits per heavy atom. The molecule has 4 aromatic rings. The molecule has 4 atom stereocenters. The van der Waals surface area contributed by atoms with Crippen LogP contribution in [0, 0.1) is 0 Å². The summed E-state index contributed by atoms with van der Waals surface area (Å²) in [6, 6.07) is 12.0. The highest BCUT2D eigenvalue weighted by Crippen LogP contribution is 2.34. The molecule has 4 unspecified atom stereocenters. The van der Waals surface area contributed by atoms with Crippen molar-refractivity contribution in [2.24, 2.45) is 7.05 Å². The standard InChI is InChI=1S/C22H20ClN3O4/c1-26-5-4-11-6-12(2-3-16(11)26)20-13(23)7-14-15(25-20)8-19(24-14)30-18-10-29-21-17(27)9-28-22(18)21/h2-8,17-18,21-22,24,27H,9-10H2,1H3. The number of aromatic nitrogens is 3. The van der Waals surface area contributed by atoms with Crippen molar-refractivity contribution in [3.63, 3.8) is 0 Å². The largest absolute Gasteiger partial charge is 0.470 e. The number of aliphatic hydroxyl groups is 1. The Bertz CT molecular complexity index is 1270. The molecule has 8 heteroatoms. The fraction of sp³-hybridized carbons (Fsp3) is 0.318. The first-order chi connectivity index (χ1) is 14.6. The molecule has 30 heavy (non-hydrogen) atoms. The van der Waals surface area contributed by atoms with Crippen molar-refractivity contribution in [3.8, 4) is 17.1 Å². The average molecular weight is 426 g/mol. The Morgan fingerprint density at radius 1 is 1.17 bits per heavy atom. The van der Waals surface area contributed by atoms with Crippen LogP contribution in [-0.4, -0.2) is 57.3 Å². The first-order valence-corrected chi connectivity index (χ1v) is 10.3. The maximum Gasteiger partial charge on any atom is 0.193 e. The fourth-order valence-corrected chi connectivity index (χ4v) is 4.67. The highest BCUT2D eigenvalue weighted by atomic mass is 35.5. The number of pyridine rings is 1. The van der Waals surface area contributed by atoms with E-state index in [1.807, 2.05) is 31.4 Å². The number of nitrogens with zero attached hydrogens (tertiary/aromatic N) is 2. The van der Waals surface area contributed by atoms with Gasteiger partial charge in [0.15, 0.2) is 12.0 Å². The molecule has 6 rings (SSSR count). The van der Waals surface area contributed by atoms with Crippen LogP contribution in [0.15, 0.2) is 42.6 Å². The van der Waals surface area contributed by atoms with Gasteiger partial charge in [0.05, 0.1) is 35.0 Å². The molecule has 7 nitrogen and oxygen atoms in total. The number of ether oxygens (including phenoxy) is 3. The molecule has 2 aliphatic heterocycles. The van der Waals surface area contributed by atoms with Gasteiger partial charge in [0.2, 0.25) is 0 Å². The van der Waals surface area contributed by atoms with E-state index in [0.29, 0.717) is 17.5 Å². The van der Waals surface area contributed by atoms with Gasteiger partial charge < -0.3 is 28.9 Å². The van der Waals surface area contributed by atoms with Crippen LogP contribution in [0.3, 0.4) is 0 Å². The smallest absolute Gasteiger partial charge is 0.193 e. The summed E-state index contributed by atoms with van der Waals surface area (Å²) in [5.74, 6) is 0.573. The molecule has 0 amide bonds. The van der Waals surface area contributed by atoms with E-state index < -0.39 is 6.10 Å². The van der Waals surface area contributed by atoms with Crippen LogP contribution >= 0.6 is 11.6 Å². The third-order valence-electron chi connectivity index (χ3n) is 5.95. The summed E-state index contributed by atoms with van der Waals surface area (Å²) in [6.45, 7) is 0.645. The van der Waals surface area contributed by atoms with Crippen LogP contribution in [0.5, 0.6) is 5.88 Å². The second-order valence-electron chi connectivity index (χ2n) is 7.90. The van der Waals surface area contributed by atoms with Crippen molar-refractivity contribution in [3.05, 3.63) is 47.6 Å². The van der Waals surface area contributed by atoms with Crippen molar-refractivity contribution in [1.82, 2.24) is 14.5 Å². The van der Waals surface area contributed by atoms with E-state index in [0.717, 1.165) is 33.2 Å². The summed E-state index contributed by atoms with van der Waals surface area (Å²) in [6.07, 6.45) is 0.557. The maximum absolute atomic E-state index is 9.89. The van der Waals surface area contributed by atoms with Crippen molar-refractivity contribution >= 4 is 33.5 Å². The number of hydrogen-bond acceptors (Lipinski definition) is 5. The number of H-pyrrole nitrogens is 1. The molecule has 0 saturated carbocycles. The summed E-state index contributed by atoms with van der Waals surface area (Å²) >= 11 is 6.57. The van der Waals surface area contributed by atoms with Crippen LogP contribution < -0.4 is 4.74 Å². The SMILES string of the molecule is Cn1ccc2cc(-c3nc4cc(OC5COC6C(O)COC56)[nH]c4cc3Cl)ccc21. The van der Waals surface area contributed by atoms with E-state index in [-0.39, 0.29) is 24.9 Å². The lowest BCUT2D eigenvalue weighted by Crippen LogP contribution is -2.34. The van der Waals surface area contributed by atoms with Crippen LogP contribution in [-0.2, 0) is 16.5 Å². The second-order valence-corrected chi connectivity index (χ2v) is 8.31. The van der Waals surface area contributed by atoms with Gasteiger partial charge in [-0.25, -0.2) is 4.98 Å². The Kier molecular flexibility index (Phi) is 4.08. The van der Waals surface area contributed by atoms with E-state index in [2.05, 4.69) is 27.8 Å². The van der Waals surface area contributed by atoms with Gasteiger partial charge in [0.25, 0.3) is 0 Å². The topological polar surface area (TPSA) is 81.5 Å². The minimum Gasteiger partial charge on any atom is -0.470 e. The molecule has 2 saturated heterocycles. The third kappa shape index (κ3) is 2.81. The van der Waals surface area contributed by atoms with Crippen molar-refractivity contribution in [1.29, 1.82) is 0 Å². The average Bonchev–Trinajstić information content (AvgIpc) is 3.48. The van der Waals surface area contributed by atoms with E-state index in [1.165, 1.54) is 0 Å². The summed E-state index contributed by atoms with van der Waals surface area (Å²) in [5.41, 5.74) is 4.41. The number of nitrogens with one attached hydrogen (secondary N) is 1. The highest BCUT2D eigenvalue weighted by Gasteiger charge is 2.48. The van der Waals surface area contributed by atoms with E-state index in [4.69, 9.17) is 30.8 Å². The number of aromatic amines is 1. The molecule has 5 heterocycles. The summed E-state index contributed by atoms with van der Waals surface area (Å²) < 4.78 is 19.4. The molecule has 0 radical (unpaired) electrons. The Morgan fingerprint density at radius 2 is 2.03 bits per heavy atom. The molecule has 2 fully saturated rings. The number of aryl methyl sites for hydroxylation is 1. The first kappa shape index (κ1) is 18.2. The quantitative estimate of drug-likeness (QED) is 0.526. The molecule has 0 bridgehead atoms. The van der Waals surface area contributed by atoms with Gasteiger partial charge in [-0.1, -0.05) is 17.7 Å². The summed E-state index contributed by atoms with van der Waals surface area (Å²) in [5, 5.41) is 11.6. The zero-order chi connectivity index (χ0) is 20.4. The molecule has 154 valence electrons. The normalized spacial score (nSPS) is 26.0. The van der Waals surface area contributed by atoms with Gasteiger partial charge >= 0.3 is 0 Å². The van der Waals surface area contributed by atoms with Crippen LogP contribution in [0.1, 0.15) is 0 Å². The van der Waals surface area contributed by atoms with Crippen LogP contribution in [0.2, 0.25) is 5.02 Å². The number of benzene rings is 1. The zero-order valence-corrected chi connectivity index (χ0v) is 17.0. The van der Waals surface area contributed by atoms with Gasteiger partial charge in [-0.2, -0.15) is 0 Å². The number of halogens is 1. The first-order valence-electron chi connectivity index (χ1n) is 9.89. The predicted molar refractivity (Wildman–Crippen MR) is 113 cm³/mol. The predicted octanol–water partition coefficient (Wildman–Crippen LogP) is 3.28.